The van der Waals surface area contributed by atoms with Crippen molar-refractivity contribution in [3.63, 3.8) is 0 Å². The Morgan fingerprint density at radius 2 is 1.24 bits per heavy atom. The molecular formula is C48H80O19. The fraction of sp³-hybridized carbons (Fsp3) is 0.938. The summed E-state index contributed by atoms with van der Waals surface area (Å²) in [7, 11) is 0. The Morgan fingerprint density at radius 3 is 1.82 bits per heavy atom. The van der Waals surface area contributed by atoms with Gasteiger partial charge in [0.1, 0.15) is 78.8 Å². The Bertz CT molecular complexity index is 1760. The van der Waals surface area contributed by atoms with Gasteiger partial charge in [0.25, 0.3) is 0 Å². The molecule has 0 unspecified atom stereocenters. The van der Waals surface area contributed by atoms with Gasteiger partial charge in [-0.2, -0.15) is 0 Å². The third kappa shape index (κ3) is 8.93. The molecule has 7 rings (SSSR count). The lowest BCUT2D eigenvalue weighted by Gasteiger charge is -2.67. The molecule has 0 bridgehead atoms. The molecule has 4 aliphatic carbocycles. The van der Waals surface area contributed by atoms with E-state index in [-0.39, 0.29) is 46.7 Å². The van der Waals surface area contributed by atoms with Gasteiger partial charge >= 0.3 is 0 Å². The van der Waals surface area contributed by atoms with Crippen LogP contribution in [0, 0.1) is 45.3 Å². The summed E-state index contributed by atoms with van der Waals surface area (Å²) in [6, 6.07) is 0. The van der Waals surface area contributed by atoms with E-state index in [9.17, 15) is 66.1 Å². The largest absolute Gasteiger partial charge is 0.394 e. The molecule has 386 valence electrons. The molecular weight excluding hydrogens is 881 g/mol. The van der Waals surface area contributed by atoms with E-state index in [4.69, 9.17) is 28.4 Å². The van der Waals surface area contributed by atoms with Crippen LogP contribution in [-0.2, 0) is 33.2 Å². The highest BCUT2D eigenvalue weighted by Gasteiger charge is 2.70. The van der Waals surface area contributed by atoms with Crippen LogP contribution in [0.2, 0.25) is 0 Å². The van der Waals surface area contributed by atoms with Crippen molar-refractivity contribution in [2.24, 2.45) is 45.3 Å². The minimum absolute atomic E-state index is 0.0106. The first-order valence-electron chi connectivity index (χ1n) is 24.4. The summed E-state index contributed by atoms with van der Waals surface area (Å²) in [4.78, 5) is 13.7. The van der Waals surface area contributed by atoms with E-state index in [0.29, 0.717) is 32.1 Å². The Labute approximate surface area is 393 Å². The zero-order chi connectivity index (χ0) is 49.5. The first-order valence-corrected chi connectivity index (χ1v) is 24.4. The molecule has 3 saturated heterocycles. The lowest BCUT2D eigenvalue weighted by Crippen LogP contribution is -2.66. The number of aliphatic hydroxyl groups is 12. The van der Waals surface area contributed by atoms with Gasteiger partial charge in [-0.25, -0.2) is 0 Å². The summed E-state index contributed by atoms with van der Waals surface area (Å²) in [6.07, 6.45) is -16.9. The molecule has 0 radical (unpaired) electrons. The molecule has 0 spiro atoms. The molecule has 7 aliphatic rings. The minimum Gasteiger partial charge on any atom is -0.394 e. The molecule has 24 atom stereocenters. The zero-order valence-electron chi connectivity index (χ0n) is 40.2. The molecule has 3 saturated carbocycles. The van der Waals surface area contributed by atoms with Gasteiger partial charge in [-0.15, -0.1) is 0 Å². The average Bonchev–Trinajstić information content (AvgIpc) is 3.55. The van der Waals surface area contributed by atoms with Gasteiger partial charge in [0, 0.05) is 17.3 Å². The number of ether oxygens (including phenoxy) is 6. The van der Waals surface area contributed by atoms with Crippen molar-refractivity contribution in [3.05, 3.63) is 11.6 Å². The standard InChI is InChI=1S/C48H80O19/c1-21(9-13-29(52)45(4,5)67-42-39(61)36(58)33(55)26(19-50)63-42)22-15-16-46(6)28-12-10-23-24(48(28,8)30(53)17-47(22,46)7)11-14-31(44(23,2)3)65-43-40(37(59)34(56)27(20-51)64-43)66-41-38(60)35(57)32(54)25(18-49)62-41/h10,21-22,24-28,30-43,49-51,53-61H,9,11-20H2,1-8H3/t21-,22-,24-,25-,26-,27-,28+,30-,31+,32-,33-,34-,35+,36+,37+,38-,39-,40-,41+,42+,43+,46+,47-,48+/m1/s1. The van der Waals surface area contributed by atoms with E-state index in [1.165, 1.54) is 0 Å². The number of allylic oxidation sites excluding steroid dienone is 1. The van der Waals surface area contributed by atoms with Crippen LogP contribution in [-0.4, -0.2) is 197 Å². The summed E-state index contributed by atoms with van der Waals surface area (Å²) in [6.45, 7) is 14.4. The van der Waals surface area contributed by atoms with Crippen molar-refractivity contribution in [1.29, 1.82) is 0 Å². The summed E-state index contributed by atoms with van der Waals surface area (Å²) < 4.78 is 35.7. The van der Waals surface area contributed by atoms with E-state index in [2.05, 4.69) is 47.6 Å². The number of Topliss-reactive ketones (excluding diaryl/α,β-unsaturated/α-hetero) is 1. The molecule has 3 heterocycles. The van der Waals surface area contributed by atoms with Crippen LogP contribution in [0.15, 0.2) is 11.6 Å². The molecule has 12 N–H and O–H groups in total. The molecule has 19 heteroatoms. The van der Waals surface area contributed by atoms with Crippen LogP contribution < -0.4 is 0 Å². The van der Waals surface area contributed by atoms with Crippen LogP contribution in [0.5, 0.6) is 0 Å². The van der Waals surface area contributed by atoms with Gasteiger partial charge in [0.2, 0.25) is 0 Å². The van der Waals surface area contributed by atoms with Crippen molar-refractivity contribution in [2.75, 3.05) is 19.8 Å². The topological polar surface area (TPSA) is 315 Å². The highest BCUT2D eigenvalue weighted by Crippen LogP contribution is 2.75. The van der Waals surface area contributed by atoms with Crippen molar-refractivity contribution in [1.82, 2.24) is 0 Å². The van der Waals surface area contributed by atoms with Crippen molar-refractivity contribution in [3.8, 4) is 0 Å². The predicted molar refractivity (Wildman–Crippen MR) is 234 cm³/mol. The average molecular weight is 961 g/mol. The third-order valence-electron chi connectivity index (χ3n) is 18.6. The number of hydrogen-bond acceptors (Lipinski definition) is 19. The first kappa shape index (κ1) is 53.5. The van der Waals surface area contributed by atoms with E-state index >= 15 is 0 Å². The predicted octanol–water partition coefficient (Wildman–Crippen LogP) is -0.848. The van der Waals surface area contributed by atoms with Gasteiger partial charge in [0.15, 0.2) is 24.7 Å². The van der Waals surface area contributed by atoms with Gasteiger partial charge in [-0.05, 0) is 93.3 Å². The number of carbonyl (C=O) groups excluding carboxylic acids is 1. The smallest absolute Gasteiger partial charge is 0.187 e. The second kappa shape index (κ2) is 19.6. The van der Waals surface area contributed by atoms with Crippen LogP contribution >= 0.6 is 0 Å². The second-order valence-electron chi connectivity index (χ2n) is 22.8. The van der Waals surface area contributed by atoms with Crippen LogP contribution in [0.1, 0.15) is 107 Å². The van der Waals surface area contributed by atoms with Crippen molar-refractivity contribution < 1.29 is 94.5 Å². The second-order valence-corrected chi connectivity index (χ2v) is 22.8. The monoisotopic (exact) mass is 961 g/mol. The molecule has 0 aromatic carbocycles. The molecule has 67 heavy (non-hydrogen) atoms. The summed E-state index contributed by atoms with van der Waals surface area (Å²) >= 11 is 0. The Hall–Kier alpha value is -1.31. The molecule has 0 aromatic rings. The maximum absolute atomic E-state index is 13.7. The minimum atomic E-state index is -1.80. The number of hydrogen-bond donors (Lipinski definition) is 12. The van der Waals surface area contributed by atoms with Crippen LogP contribution in [0.25, 0.3) is 0 Å². The molecule has 0 aromatic heterocycles. The number of carbonyl (C=O) groups is 1. The zero-order valence-corrected chi connectivity index (χ0v) is 40.2. The number of aliphatic hydroxyl groups excluding tert-OH is 12. The highest BCUT2D eigenvalue weighted by atomic mass is 16.8. The lowest BCUT2D eigenvalue weighted by atomic mass is 9.38. The fourth-order valence-corrected chi connectivity index (χ4v) is 14.1. The summed E-state index contributed by atoms with van der Waals surface area (Å²) in [5.74, 6) is 0.204. The quantitative estimate of drug-likeness (QED) is 0.0944. The van der Waals surface area contributed by atoms with Gasteiger partial charge < -0.3 is 89.7 Å². The van der Waals surface area contributed by atoms with Crippen molar-refractivity contribution >= 4 is 5.78 Å². The maximum atomic E-state index is 13.7. The van der Waals surface area contributed by atoms with Gasteiger partial charge in [0.05, 0.1) is 32.0 Å². The Kier molecular flexibility index (Phi) is 15.7. The van der Waals surface area contributed by atoms with E-state index < -0.39 is 141 Å². The Balaban J connectivity index is 1.05. The van der Waals surface area contributed by atoms with E-state index in [1.807, 2.05) is 0 Å². The van der Waals surface area contributed by atoms with Crippen LogP contribution in [0.3, 0.4) is 0 Å². The SMILES string of the molecule is C[C@H](CCC(=O)C(C)(C)O[C@@H]1O[C@H](CO)[C@@H](O)[C@H](O)[C@H]1O)[C@H]1CC[C@@]2(C)[C@@H]3CC=C4[C@@H](CC[C@H](O[C@@H]5O[C@H](CO)[C@@H](O)[C@H](O)[C@H]5O[C@@H]5O[C@H](CO)[C@@H](O)[C@H](O)[C@H]5O)C4(C)C)[C@]3(C)[C@H](O)C[C@]12C. The number of fused-ring (bicyclic) bond motifs is 5. The summed E-state index contributed by atoms with van der Waals surface area (Å²) in [5, 5.41) is 127. The lowest BCUT2D eigenvalue weighted by molar-refractivity contribution is -0.375. The van der Waals surface area contributed by atoms with Crippen LogP contribution in [0.4, 0.5) is 0 Å². The first-order chi connectivity index (χ1) is 31.2. The normalized spacial score (nSPS) is 50.4. The summed E-state index contributed by atoms with van der Waals surface area (Å²) in [5.41, 5.74) is -1.84. The molecule has 0 amide bonds. The third-order valence-corrected chi connectivity index (χ3v) is 18.6. The van der Waals surface area contributed by atoms with Crippen molar-refractivity contribution in [2.45, 2.75) is 217 Å². The highest BCUT2D eigenvalue weighted by molar-refractivity contribution is 5.86. The van der Waals surface area contributed by atoms with Gasteiger partial charge in [-0.3, -0.25) is 4.79 Å². The fourth-order valence-electron chi connectivity index (χ4n) is 14.1. The number of rotatable bonds is 14. The number of ketones is 1. The van der Waals surface area contributed by atoms with Gasteiger partial charge in [-0.1, -0.05) is 53.2 Å². The molecule has 3 aliphatic heterocycles. The van der Waals surface area contributed by atoms with E-state index in [1.54, 1.807) is 13.8 Å². The molecule has 6 fully saturated rings. The molecule has 19 nitrogen and oxygen atoms in total. The maximum Gasteiger partial charge on any atom is 0.187 e. The van der Waals surface area contributed by atoms with E-state index in [0.717, 1.165) is 18.4 Å². The Morgan fingerprint density at radius 1 is 0.701 bits per heavy atom.